The Morgan fingerprint density at radius 1 is 1.38 bits per heavy atom. The van der Waals surface area contributed by atoms with Gasteiger partial charge in [0, 0.05) is 43.3 Å². The summed E-state index contributed by atoms with van der Waals surface area (Å²) >= 11 is 3.55. The molecule has 0 aromatic heterocycles. The second kappa shape index (κ2) is 7.80. The Kier molecular flexibility index (Phi) is 6.06. The van der Waals surface area contributed by atoms with Gasteiger partial charge in [0.25, 0.3) is 0 Å². The van der Waals surface area contributed by atoms with E-state index in [1.54, 1.807) is 6.92 Å². The van der Waals surface area contributed by atoms with Gasteiger partial charge >= 0.3 is 0 Å². The highest BCUT2D eigenvalue weighted by Gasteiger charge is 2.21. The molecule has 0 bridgehead atoms. The first-order chi connectivity index (χ1) is 10.1. The maximum Gasteiger partial charge on any atom is 0.216 e. The van der Waals surface area contributed by atoms with E-state index >= 15 is 0 Å². The van der Waals surface area contributed by atoms with E-state index in [4.69, 9.17) is 0 Å². The topological polar surface area (TPSA) is 44.4 Å². The van der Waals surface area contributed by atoms with Gasteiger partial charge in [-0.25, -0.2) is 0 Å². The van der Waals surface area contributed by atoms with Crippen molar-refractivity contribution in [3.05, 3.63) is 28.2 Å². The van der Waals surface area contributed by atoms with Crippen LogP contribution in [-0.2, 0) is 11.3 Å². The van der Waals surface area contributed by atoms with Gasteiger partial charge in [-0.1, -0.05) is 15.9 Å². The lowest BCUT2D eigenvalue weighted by Crippen LogP contribution is -2.38. The fourth-order valence-corrected chi connectivity index (χ4v) is 3.27. The Labute approximate surface area is 135 Å². The maximum atomic E-state index is 11.0. The van der Waals surface area contributed by atoms with Crippen LogP contribution < -0.4 is 15.5 Å². The molecule has 0 atom stereocenters. The van der Waals surface area contributed by atoms with Gasteiger partial charge in [0.1, 0.15) is 0 Å². The molecule has 0 spiro atoms. The molecule has 2 N–H and O–H groups in total. The summed E-state index contributed by atoms with van der Waals surface area (Å²) in [6, 6.07) is 6.50. The summed E-state index contributed by atoms with van der Waals surface area (Å²) in [4.78, 5) is 13.4. The van der Waals surface area contributed by atoms with Gasteiger partial charge in [0.2, 0.25) is 5.91 Å². The minimum Gasteiger partial charge on any atom is -0.371 e. The molecular weight excluding hydrogens is 330 g/mol. The first-order valence-corrected chi connectivity index (χ1v) is 8.32. The van der Waals surface area contributed by atoms with Gasteiger partial charge in [-0.15, -0.1) is 0 Å². The van der Waals surface area contributed by atoms with Crippen LogP contribution in [0.1, 0.15) is 25.3 Å². The summed E-state index contributed by atoms with van der Waals surface area (Å²) in [7, 11) is 1.98. The monoisotopic (exact) mass is 353 g/mol. The van der Waals surface area contributed by atoms with Gasteiger partial charge in [0.05, 0.1) is 0 Å². The zero-order valence-corrected chi connectivity index (χ0v) is 14.4. The van der Waals surface area contributed by atoms with Crippen molar-refractivity contribution in [1.82, 2.24) is 10.6 Å². The van der Waals surface area contributed by atoms with Gasteiger partial charge in [-0.3, -0.25) is 4.79 Å². The third kappa shape index (κ3) is 4.71. The Balaban J connectivity index is 1.97. The number of halogens is 1. The average Bonchev–Trinajstić information content (AvgIpc) is 2.46. The fourth-order valence-electron chi connectivity index (χ4n) is 2.86. The summed E-state index contributed by atoms with van der Waals surface area (Å²) in [6.07, 6.45) is 2.27. The SMILES string of the molecule is CNCc1cc(Br)ccc1N1CCC(CNC(C)=O)CC1. The average molecular weight is 354 g/mol. The van der Waals surface area contributed by atoms with Crippen LogP contribution in [0.2, 0.25) is 0 Å². The Bertz CT molecular complexity index is 484. The number of rotatable bonds is 5. The van der Waals surface area contributed by atoms with Crippen molar-refractivity contribution in [3.63, 3.8) is 0 Å². The molecule has 5 heteroatoms. The molecule has 1 aromatic rings. The molecule has 1 aromatic carbocycles. The van der Waals surface area contributed by atoms with Crippen molar-refractivity contribution in [1.29, 1.82) is 0 Å². The van der Waals surface area contributed by atoms with Crippen molar-refractivity contribution >= 4 is 27.5 Å². The van der Waals surface area contributed by atoms with E-state index in [0.717, 1.165) is 43.5 Å². The van der Waals surface area contributed by atoms with E-state index in [0.29, 0.717) is 5.92 Å². The van der Waals surface area contributed by atoms with Gasteiger partial charge < -0.3 is 15.5 Å². The quantitative estimate of drug-likeness (QED) is 0.854. The highest BCUT2D eigenvalue weighted by Crippen LogP contribution is 2.28. The first kappa shape index (κ1) is 16.3. The number of nitrogens with zero attached hydrogens (tertiary/aromatic N) is 1. The van der Waals surface area contributed by atoms with E-state index in [1.807, 2.05) is 7.05 Å². The van der Waals surface area contributed by atoms with Crippen LogP contribution >= 0.6 is 15.9 Å². The van der Waals surface area contributed by atoms with Gasteiger partial charge in [-0.05, 0) is 49.6 Å². The molecule has 0 aliphatic carbocycles. The molecule has 1 fully saturated rings. The number of benzene rings is 1. The van der Waals surface area contributed by atoms with Gasteiger partial charge in [-0.2, -0.15) is 0 Å². The van der Waals surface area contributed by atoms with Crippen LogP contribution in [0.15, 0.2) is 22.7 Å². The third-order valence-electron chi connectivity index (χ3n) is 4.00. The summed E-state index contributed by atoms with van der Waals surface area (Å²) in [5, 5.41) is 6.17. The molecule has 1 aliphatic rings. The lowest BCUT2D eigenvalue weighted by molar-refractivity contribution is -0.119. The molecule has 0 saturated carbocycles. The number of hydrogen-bond donors (Lipinski definition) is 2. The van der Waals surface area contributed by atoms with E-state index in [2.05, 4.69) is 49.7 Å². The Morgan fingerprint density at radius 3 is 2.71 bits per heavy atom. The van der Waals surface area contributed by atoms with Crippen molar-refractivity contribution in [3.8, 4) is 0 Å². The standard InChI is InChI=1S/C16H24BrN3O/c1-12(21)19-10-13-5-7-20(8-6-13)16-4-3-15(17)9-14(16)11-18-2/h3-4,9,13,18H,5-8,10-11H2,1-2H3,(H,19,21). The third-order valence-corrected chi connectivity index (χ3v) is 4.50. The summed E-state index contributed by atoms with van der Waals surface area (Å²) in [5.41, 5.74) is 2.65. The van der Waals surface area contributed by atoms with E-state index in [9.17, 15) is 4.79 Å². The van der Waals surface area contributed by atoms with E-state index in [-0.39, 0.29) is 5.91 Å². The van der Waals surface area contributed by atoms with Crippen LogP contribution in [-0.4, -0.2) is 32.6 Å². The van der Waals surface area contributed by atoms with Crippen molar-refractivity contribution in [2.45, 2.75) is 26.3 Å². The highest BCUT2D eigenvalue weighted by molar-refractivity contribution is 9.10. The van der Waals surface area contributed by atoms with E-state index in [1.165, 1.54) is 11.3 Å². The van der Waals surface area contributed by atoms with Crippen molar-refractivity contribution in [2.24, 2.45) is 5.92 Å². The lowest BCUT2D eigenvalue weighted by atomic mass is 9.95. The van der Waals surface area contributed by atoms with Crippen LogP contribution in [0.25, 0.3) is 0 Å². The summed E-state index contributed by atoms with van der Waals surface area (Å²) < 4.78 is 1.12. The number of anilines is 1. The smallest absolute Gasteiger partial charge is 0.216 e. The largest absolute Gasteiger partial charge is 0.371 e. The van der Waals surface area contributed by atoms with Crippen LogP contribution in [0.4, 0.5) is 5.69 Å². The van der Waals surface area contributed by atoms with E-state index < -0.39 is 0 Å². The molecule has 0 unspecified atom stereocenters. The van der Waals surface area contributed by atoms with Crippen LogP contribution in [0.5, 0.6) is 0 Å². The number of carbonyl (C=O) groups excluding carboxylic acids is 1. The van der Waals surface area contributed by atoms with Crippen molar-refractivity contribution in [2.75, 3.05) is 31.6 Å². The Morgan fingerprint density at radius 2 is 2.10 bits per heavy atom. The zero-order valence-electron chi connectivity index (χ0n) is 12.8. The molecule has 116 valence electrons. The maximum absolute atomic E-state index is 11.0. The van der Waals surface area contributed by atoms with Crippen LogP contribution in [0.3, 0.4) is 0 Å². The molecule has 2 rings (SSSR count). The molecule has 1 aliphatic heterocycles. The second-order valence-corrected chi connectivity index (χ2v) is 6.59. The molecule has 1 heterocycles. The summed E-state index contributed by atoms with van der Waals surface area (Å²) in [5.74, 6) is 0.676. The Hall–Kier alpha value is -1.07. The zero-order chi connectivity index (χ0) is 15.2. The lowest BCUT2D eigenvalue weighted by Gasteiger charge is -2.35. The normalized spacial score (nSPS) is 16.0. The minimum absolute atomic E-state index is 0.0710. The number of carbonyl (C=O) groups is 1. The molecule has 1 saturated heterocycles. The predicted octanol–water partition coefficient (Wildman–Crippen LogP) is 2.52. The minimum atomic E-state index is 0.0710. The predicted molar refractivity (Wildman–Crippen MR) is 90.5 cm³/mol. The molecular formula is C16H24BrN3O. The number of amides is 1. The molecule has 0 radical (unpaired) electrons. The summed E-state index contributed by atoms with van der Waals surface area (Å²) in [6.45, 7) is 5.39. The number of piperidine rings is 1. The number of hydrogen-bond acceptors (Lipinski definition) is 3. The second-order valence-electron chi connectivity index (χ2n) is 5.67. The highest BCUT2D eigenvalue weighted by atomic mass is 79.9. The molecule has 1 amide bonds. The number of nitrogens with one attached hydrogen (secondary N) is 2. The fraction of sp³-hybridized carbons (Fsp3) is 0.562. The molecule has 4 nitrogen and oxygen atoms in total. The molecule has 21 heavy (non-hydrogen) atoms. The van der Waals surface area contributed by atoms with Gasteiger partial charge in [0.15, 0.2) is 0 Å². The van der Waals surface area contributed by atoms with Crippen molar-refractivity contribution < 1.29 is 4.79 Å². The first-order valence-electron chi connectivity index (χ1n) is 7.52. The van der Waals surface area contributed by atoms with Crippen LogP contribution in [0, 0.1) is 5.92 Å².